The lowest BCUT2D eigenvalue weighted by molar-refractivity contribution is 0.212. The van der Waals surface area contributed by atoms with Gasteiger partial charge in [0.1, 0.15) is 6.10 Å². The maximum absolute atomic E-state index is 10.4. The monoisotopic (exact) mass is 266 g/mol. The van der Waals surface area contributed by atoms with Gasteiger partial charge in [-0.15, -0.1) is 11.3 Å². The standard InChI is InChI=1S/C14H18OS2/c15-14(10-4-2-1-3-5-10)13-8-11-9-16-7-6-12(11)17-13/h4,8,14-15H,1-3,5-7,9H2. The van der Waals surface area contributed by atoms with Crippen LogP contribution in [0.1, 0.15) is 47.1 Å². The van der Waals surface area contributed by atoms with Crippen LogP contribution in [0.2, 0.25) is 0 Å². The number of aliphatic hydroxyl groups is 1. The summed E-state index contributed by atoms with van der Waals surface area (Å²) in [5, 5.41) is 10.4. The third-order valence-electron chi connectivity index (χ3n) is 3.59. The number of fused-ring (bicyclic) bond motifs is 1. The van der Waals surface area contributed by atoms with Gasteiger partial charge in [-0.3, -0.25) is 0 Å². The van der Waals surface area contributed by atoms with Gasteiger partial charge in [-0.2, -0.15) is 11.8 Å². The van der Waals surface area contributed by atoms with E-state index in [1.165, 1.54) is 45.9 Å². The second-order valence-corrected chi connectivity index (χ2v) is 7.10. The zero-order valence-corrected chi connectivity index (χ0v) is 11.6. The molecule has 1 aliphatic heterocycles. The van der Waals surface area contributed by atoms with Crippen LogP contribution in [0, 0.1) is 0 Å². The second-order valence-electron chi connectivity index (χ2n) is 4.83. The minimum Gasteiger partial charge on any atom is -0.383 e. The largest absolute Gasteiger partial charge is 0.383 e. The van der Waals surface area contributed by atoms with Crippen LogP contribution in [0.3, 0.4) is 0 Å². The number of hydrogen-bond donors (Lipinski definition) is 1. The maximum Gasteiger partial charge on any atom is 0.109 e. The number of aliphatic hydroxyl groups excluding tert-OH is 1. The van der Waals surface area contributed by atoms with E-state index >= 15 is 0 Å². The normalized spacial score (nSPS) is 21.8. The average molecular weight is 266 g/mol. The molecule has 0 amide bonds. The van der Waals surface area contributed by atoms with E-state index in [-0.39, 0.29) is 6.10 Å². The molecular formula is C14H18OS2. The minimum atomic E-state index is -0.323. The summed E-state index contributed by atoms with van der Waals surface area (Å²) in [4.78, 5) is 2.68. The molecule has 1 aromatic heterocycles. The van der Waals surface area contributed by atoms with Crippen molar-refractivity contribution in [2.24, 2.45) is 0 Å². The zero-order chi connectivity index (χ0) is 11.7. The first-order valence-electron chi connectivity index (χ1n) is 6.41. The Kier molecular flexibility index (Phi) is 3.59. The molecule has 3 heteroatoms. The van der Waals surface area contributed by atoms with E-state index in [0.29, 0.717) is 0 Å². The topological polar surface area (TPSA) is 20.2 Å². The Hall–Kier alpha value is -0.250. The van der Waals surface area contributed by atoms with Crippen molar-refractivity contribution in [3.05, 3.63) is 33.0 Å². The number of aryl methyl sites for hydroxylation is 1. The number of allylic oxidation sites excluding steroid dienone is 1. The number of rotatable bonds is 2. The molecule has 0 aromatic carbocycles. The first kappa shape index (κ1) is 11.8. The predicted octanol–water partition coefficient (Wildman–Crippen LogP) is 4.07. The van der Waals surface area contributed by atoms with Gasteiger partial charge >= 0.3 is 0 Å². The van der Waals surface area contributed by atoms with Crippen LogP contribution in [0.5, 0.6) is 0 Å². The highest BCUT2D eigenvalue weighted by Gasteiger charge is 2.21. The molecule has 0 spiro atoms. The van der Waals surface area contributed by atoms with Crippen LogP contribution in [-0.4, -0.2) is 10.9 Å². The van der Waals surface area contributed by atoms with Crippen LogP contribution in [0.15, 0.2) is 17.7 Å². The van der Waals surface area contributed by atoms with E-state index in [1.54, 1.807) is 0 Å². The summed E-state index contributed by atoms with van der Waals surface area (Å²) >= 11 is 3.84. The lowest BCUT2D eigenvalue weighted by Crippen LogP contribution is -2.02. The SMILES string of the molecule is OC(C1=CCCCC1)c1cc2c(s1)CCSC2. The molecule has 1 nitrogen and oxygen atoms in total. The van der Waals surface area contributed by atoms with Gasteiger partial charge in [0.15, 0.2) is 0 Å². The summed E-state index contributed by atoms with van der Waals surface area (Å²) in [5.74, 6) is 2.38. The van der Waals surface area contributed by atoms with Gasteiger partial charge in [0, 0.05) is 15.5 Å². The molecule has 92 valence electrons. The van der Waals surface area contributed by atoms with Gasteiger partial charge in [-0.1, -0.05) is 6.08 Å². The molecule has 0 fully saturated rings. The summed E-state index contributed by atoms with van der Waals surface area (Å²) in [6, 6.07) is 2.24. The summed E-state index contributed by atoms with van der Waals surface area (Å²) in [5.41, 5.74) is 2.72. The highest BCUT2D eigenvalue weighted by molar-refractivity contribution is 7.98. The zero-order valence-electron chi connectivity index (χ0n) is 9.95. The third kappa shape index (κ3) is 2.47. The van der Waals surface area contributed by atoms with Crippen molar-refractivity contribution >= 4 is 23.1 Å². The molecule has 1 atom stereocenters. The van der Waals surface area contributed by atoms with Crippen molar-refractivity contribution in [2.75, 3.05) is 5.75 Å². The molecule has 1 aromatic rings. The van der Waals surface area contributed by atoms with Gasteiger partial charge in [-0.05, 0) is 55.1 Å². The quantitative estimate of drug-likeness (QED) is 0.814. The van der Waals surface area contributed by atoms with Crippen molar-refractivity contribution in [3.63, 3.8) is 0 Å². The number of hydrogen-bond acceptors (Lipinski definition) is 3. The van der Waals surface area contributed by atoms with E-state index in [4.69, 9.17) is 0 Å². The molecule has 0 bridgehead atoms. The first-order chi connectivity index (χ1) is 8.34. The summed E-state index contributed by atoms with van der Waals surface area (Å²) in [7, 11) is 0. The van der Waals surface area contributed by atoms with Crippen LogP contribution >= 0.6 is 23.1 Å². The summed E-state index contributed by atoms with van der Waals surface area (Å²) in [6.45, 7) is 0. The van der Waals surface area contributed by atoms with E-state index in [2.05, 4.69) is 12.1 Å². The summed E-state index contributed by atoms with van der Waals surface area (Å²) < 4.78 is 0. The Bertz CT molecular complexity index is 410. The fraction of sp³-hybridized carbons (Fsp3) is 0.571. The van der Waals surface area contributed by atoms with Crippen LogP contribution in [-0.2, 0) is 12.2 Å². The Morgan fingerprint density at radius 3 is 2.94 bits per heavy atom. The van der Waals surface area contributed by atoms with Gasteiger partial charge in [0.25, 0.3) is 0 Å². The van der Waals surface area contributed by atoms with E-state index in [0.717, 1.165) is 18.6 Å². The lowest BCUT2D eigenvalue weighted by atomic mass is 9.94. The van der Waals surface area contributed by atoms with Crippen molar-refractivity contribution < 1.29 is 5.11 Å². The van der Waals surface area contributed by atoms with Crippen LogP contribution in [0.4, 0.5) is 0 Å². The molecule has 1 N–H and O–H groups in total. The third-order valence-corrected chi connectivity index (χ3v) is 5.89. The Morgan fingerprint density at radius 1 is 1.24 bits per heavy atom. The fourth-order valence-electron chi connectivity index (χ4n) is 2.60. The lowest BCUT2D eigenvalue weighted by Gasteiger charge is -2.17. The smallest absolute Gasteiger partial charge is 0.109 e. The van der Waals surface area contributed by atoms with Gasteiger partial charge in [-0.25, -0.2) is 0 Å². The maximum atomic E-state index is 10.4. The molecule has 2 aliphatic rings. The second kappa shape index (κ2) is 5.17. The van der Waals surface area contributed by atoms with E-state index in [1.807, 2.05) is 23.1 Å². The predicted molar refractivity (Wildman–Crippen MR) is 75.7 cm³/mol. The Morgan fingerprint density at radius 2 is 2.18 bits per heavy atom. The van der Waals surface area contributed by atoms with E-state index in [9.17, 15) is 5.11 Å². The number of thiophene rings is 1. The number of thioether (sulfide) groups is 1. The average Bonchev–Trinajstić information content (AvgIpc) is 2.82. The highest BCUT2D eigenvalue weighted by atomic mass is 32.2. The van der Waals surface area contributed by atoms with Gasteiger partial charge in [0.2, 0.25) is 0 Å². The molecule has 17 heavy (non-hydrogen) atoms. The molecule has 0 radical (unpaired) electrons. The van der Waals surface area contributed by atoms with Crippen LogP contribution < -0.4 is 0 Å². The van der Waals surface area contributed by atoms with Crippen molar-refractivity contribution in [1.29, 1.82) is 0 Å². The van der Waals surface area contributed by atoms with Crippen LogP contribution in [0.25, 0.3) is 0 Å². The van der Waals surface area contributed by atoms with Gasteiger partial charge in [0.05, 0.1) is 0 Å². The van der Waals surface area contributed by atoms with Crippen molar-refractivity contribution in [3.8, 4) is 0 Å². The van der Waals surface area contributed by atoms with E-state index < -0.39 is 0 Å². The van der Waals surface area contributed by atoms with Crippen molar-refractivity contribution in [1.82, 2.24) is 0 Å². The molecule has 1 aliphatic carbocycles. The molecule has 0 saturated carbocycles. The first-order valence-corrected chi connectivity index (χ1v) is 8.38. The highest BCUT2D eigenvalue weighted by Crippen LogP contribution is 2.38. The molecular weight excluding hydrogens is 248 g/mol. The summed E-state index contributed by atoms with van der Waals surface area (Å²) in [6.07, 6.45) is 7.87. The Labute approximate surface area is 111 Å². The Balaban J connectivity index is 1.83. The van der Waals surface area contributed by atoms with Gasteiger partial charge < -0.3 is 5.11 Å². The molecule has 3 rings (SSSR count). The molecule has 1 unspecified atom stereocenters. The minimum absolute atomic E-state index is 0.323. The molecule has 2 heterocycles. The fourth-order valence-corrected chi connectivity index (χ4v) is 5.00. The molecule has 0 saturated heterocycles. The van der Waals surface area contributed by atoms with Crippen molar-refractivity contribution in [2.45, 2.75) is 44.0 Å².